The summed E-state index contributed by atoms with van der Waals surface area (Å²) in [5.41, 5.74) is 0. The highest BCUT2D eigenvalue weighted by Crippen LogP contribution is 2.29. The van der Waals surface area contributed by atoms with Gasteiger partial charge in [0.15, 0.2) is 0 Å². The fraction of sp³-hybridized carbons (Fsp3) is 0.636. The lowest BCUT2D eigenvalue weighted by Crippen LogP contribution is -2.29. The Labute approximate surface area is 106 Å². The average Bonchev–Trinajstić information content (AvgIpc) is 2.29. The van der Waals surface area contributed by atoms with Crippen LogP contribution in [0.1, 0.15) is 26.7 Å². The van der Waals surface area contributed by atoms with Gasteiger partial charge in [-0.05, 0) is 29.3 Å². The summed E-state index contributed by atoms with van der Waals surface area (Å²) in [4.78, 5) is 10.6. The molecule has 0 radical (unpaired) electrons. The molecule has 1 atom stereocenters. The molecule has 0 aromatic carbocycles. The molecule has 0 bridgehead atoms. The molecule has 0 aliphatic heterocycles. The third kappa shape index (κ3) is 2.84. The number of hydrogen-bond acceptors (Lipinski definition) is 4. The van der Waals surface area contributed by atoms with Gasteiger partial charge >= 0.3 is 0 Å². The van der Waals surface area contributed by atoms with E-state index in [4.69, 9.17) is 0 Å². The van der Waals surface area contributed by atoms with E-state index in [2.05, 4.69) is 57.0 Å². The zero-order chi connectivity index (χ0) is 12.1. The standard InChI is InChI=1S/C11H19BrN4/c1-5-6-8(2)16(4)11-9(12)10(13-3)14-7-15-11/h7-8H,5-6H2,1-4H3,(H,13,14,15). The van der Waals surface area contributed by atoms with Gasteiger partial charge in [0.1, 0.15) is 22.4 Å². The highest BCUT2D eigenvalue weighted by atomic mass is 79.9. The van der Waals surface area contributed by atoms with Gasteiger partial charge in [-0.15, -0.1) is 0 Å². The van der Waals surface area contributed by atoms with Crippen LogP contribution in [0.2, 0.25) is 0 Å². The summed E-state index contributed by atoms with van der Waals surface area (Å²) in [6.07, 6.45) is 3.91. The van der Waals surface area contributed by atoms with E-state index in [1.54, 1.807) is 6.33 Å². The average molecular weight is 287 g/mol. The van der Waals surface area contributed by atoms with E-state index in [9.17, 15) is 0 Å². The fourth-order valence-electron chi connectivity index (χ4n) is 1.60. The highest BCUT2D eigenvalue weighted by Gasteiger charge is 2.15. The molecule has 4 nitrogen and oxygen atoms in total. The maximum Gasteiger partial charge on any atom is 0.148 e. The van der Waals surface area contributed by atoms with Crippen molar-refractivity contribution in [1.29, 1.82) is 0 Å². The smallest absolute Gasteiger partial charge is 0.148 e. The molecule has 90 valence electrons. The zero-order valence-corrected chi connectivity index (χ0v) is 11.9. The largest absolute Gasteiger partial charge is 0.372 e. The van der Waals surface area contributed by atoms with Gasteiger partial charge in [0.05, 0.1) is 0 Å². The van der Waals surface area contributed by atoms with E-state index in [-0.39, 0.29) is 0 Å². The van der Waals surface area contributed by atoms with Crippen molar-refractivity contribution < 1.29 is 0 Å². The molecule has 1 aromatic rings. The van der Waals surface area contributed by atoms with Gasteiger partial charge in [0.25, 0.3) is 0 Å². The van der Waals surface area contributed by atoms with Crippen LogP contribution >= 0.6 is 15.9 Å². The minimum Gasteiger partial charge on any atom is -0.372 e. The minimum absolute atomic E-state index is 0.473. The van der Waals surface area contributed by atoms with Crippen molar-refractivity contribution in [3.05, 3.63) is 10.8 Å². The van der Waals surface area contributed by atoms with Gasteiger partial charge < -0.3 is 10.2 Å². The van der Waals surface area contributed by atoms with E-state index in [0.717, 1.165) is 22.5 Å². The first-order valence-corrected chi connectivity index (χ1v) is 6.32. The number of hydrogen-bond donors (Lipinski definition) is 1. The van der Waals surface area contributed by atoms with Crippen molar-refractivity contribution in [2.45, 2.75) is 32.7 Å². The lowest BCUT2D eigenvalue weighted by atomic mass is 10.2. The van der Waals surface area contributed by atoms with Crippen LogP contribution in [0, 0.1) is 0 Å². The van der Waals surface area contributed by atoms with Crippen molar-refractivity contribution in [1.82, 2.24) is 9.97 Å². The lowest BCUT2D eigenvalue weighted by Gasteiger charge is -2.26. The molecule has 0 aliphatic rings. The van der Waals surface area contributed by atoms with Crippen LogP contribution in [0.4, 0.5) is 11.6 Å². The molecule has 1 aromatic heterocycles. The first-order valence-electron chi connectivity index (χ1n) is 5.52. The molecular formula is C11H19BrN4. The number of aromatic nitrogens is 2. The van der Waals surface area contributed by atoms with Crippen molar-refractivity contribution in [2.24, 2.45) is 0 Å². The molecule has 0 fully saturated rings. The minimum atomic E-state index is 0.473. The number of rotatable bonds is 5. The number of halogens is 1. The van der Waals surface area contributed by atoms with Gasteiger partial charge in [-0.3, -0.25) is 0 Å². The third-order valence-corrected chi connectivity index (χ3v) is 3.44. The number of nitrogens with zero attached hydrogens (tertiary/aromatic N) is 3. The Balaban J connectivity index is 2.94. The molecule has 16 heavy (non-hydrogen) atoms. The Kier molecular flexibility index (Phi) is 4.99. The third-order valence-electron chi connectivity index (χ3n) is 2.71. The molecule has 1 unspecified atom stereocenters. The first kappa shape index (κ1) is 13.2. The molecule has 0 saturated heterocycles. The maximum atomic E-state index is 4.32. The summed E-state index contributed by atoms with van der Waals surface area (Å²) in [5.74, 6) is 1.75. The molecule has 0 saturated carbocycles. The quantitative estimate of drug-likeness (QED) is 0.904. The van der Waals surface area contributed by atoms with Crippen LogP contribution in [0.3, 0.4) is 0 Å². The van der Waals surface area contributed by atoms with Crippen molar-refractivity contribution in [3.63, 3.8) is 0 Å². The lowest BCUT2D eigenvalue weighted by molar-refractivity contribution is 0.610. The van der Waals surface area contributed by atoms with Crippen LogP contribution < -0.4 is 10.2 Å². The molecule has 0 aliphatic carbocycles. The van der Waals surface area contributed by atoms with Crippen LogP contribution in [0.25, 0.3) is 0 Å². The van der Waals surface area contributed by atoms with E-state index < -0.39 is 0 Å². The van der Waals surface area contributed by atoms with Crippen molar-refractivity contribution in [2.75, 3.05) is 24.3 Å². The fourth-order valence-corrected chi connectivity index (χ4v) is 2.28. The summed E-state index contributed by atoms with van der Waals surface area (Å²) in [6.45, 7) is 4.40. The highest BCUT2D eigenvalue weighted by molar-refractivity contribution is 9.10. The Morgan fingerprint density at radius 2 is 2.19 bits per heavy atom. The SMILES string of the molecule is CCCC(C)N(C)c1ncnc(NC)c1Br. The second kappa shape index (κ2) is 6.03. The Bertz CT molecular complexity index is 343. The normalized spacial score (nSPS) is 12.3. The van der Waals surface area contributed by atoms with Crippen LogP contribution in [0.5, 0.6) is 0 Å². The Morgan fingerprint density at radius 3 is 2.75 bits per heavy atom. The van der Waals surface area contributed by atoms with E-state index in [0.29, 0.717) is 6.04 Å². The van der Waals surface area contributed by atoms with Gasteiger partial charge in [0, 0.05) is 20.1 Å². The summed E-state index contributed by atoms with van der Waals surface area (Å²) in [6, 6.07) is 0.473. The second-order valence-corrected chi connectivity index (χ2v) is 4.65. The van der Waals surface area contributed by atoms with Crippen LogP contribution in [0.15, 0.2) is 10.8 Å². The summed E-state index contributed by atoms with van der Waals surface area (Å²) >= 11 is 3.53. The zero-order valence-electron chi connectivity index (χ0n) is 10.3. The number of nitrogens with one attached hydrogen (secondary N) is 1. The van der Waals surface area contributed by atoms with Gasteiger partial charge in [0.2, 0.25) is 0 Å². The predicted molar refractivity (Wildman–Crippen MR) is 72.1 cm³/mol. The Hall–Kier alpha value is -0.840. The first-order chi connectivity index (χ1) is 7.61. The van der Waals surface area contributed by atoms with Gasteiger partial charge in [-0.1, -0.05) is 13.3 Å². The van der Waals surface area contributed by atoms with Crippen molar-refractivity contribution in [3.8, 4) is 0 Å². The summed E-state index contributed by atoms with van der Waals surface area (Å²) in [7, 11) is 3.92. The summed E-state index contributed by atoms with van der Waals surface area (Å²) < 4.78 is 0.919. The summed E-state index contributed by atoms with van der Waals surface area (Å²) in [5, 5.41) is 3.04. The van der Waals surface area contributed by atoms with Gasteiger partial charge in [-0.25, -0.2) is 9.97 Å². The van der Waals surface area contributed by atoms with E-state index in [1.165, 1.54) is 6.42 Å². The van der Waals surface area contributed by atoms with Crippen LogP contribution in [-0.2, 0) is 0 Å². The Morgan fingerprint density at radius 1 is 1.50 bits per heavy atom. The van der Waals surface area contributed by atoms with Crippen LogP contribution in [-0.4, -0.2) is 30.1 Å². The van der Waals surface area contributed by atoms with E-state index in [1.807, 2.05) is 7.05 Å². The second-order valence-electron chi connectivity index (χ2n) is 3.86. The monoisotopic (exact) mass is 286 g/mol. The van der Waals surface area contributed by atoms with Gasteiger partial charge in [-0.2, -0.15) is 0 Å². The molecular weight excluding hydrogens is 268 g/mol. The molecule has 0 amide bonds. The topological polar surface area (TPSA) is 41.1 Å². The molecule has 1 heterocycles. The predicted octanol–water partition coefficient (Wildman–Crippen LogP) is 2.91. The molecule has 1 rings (SSSR count). The molecule has 1 N–H and O–H groups in total. The molecule has 5 heteroatoms. The number of anilines is 2. The molecule has 0 spiro atoms. The van der Waals surface area contributed by atoms with E-state index >= 15 is 0 Å². The maximum absolute atomic E-state index is 4.32. The van der Waals surface area contributed by atoms with Crippen molar-refractivity contribution >= 4 is 27.6 Å².